The lowest BCUT2D eigenvalue weighted by molar-refractivity contribution is 0.460. The van der Waals surface area contributed by atoms with E-state index in [9.17, 15) is 0 Å². The zero-order valence-electron chi connectivity index (χ0n) is 9.96. The molecule has 2 rings (SSSR count). The number of hydrogen-bond donors (Lipinski definition) is 1. The van der Waals surface area contributed by atoms with Crippen molar-refractivity contribution in [2.75, 3.05) is 32.1 Å². The Labute approximate surface area is 103 Å². The van der Waals surface area contributed by atoms with Gasteiger partial charge in [-0.2, -0.15) is 0 Å². The Bertz CT molecular complexity index is 357. The summed E-state index contributed by atoms with van der Waals surface area (Å²) in [5.41, 5.74) is 2.48. The maximum Gasteiger partial charge on any atom is 0.0642 e. The zero-order chi connectivity index (χ0) is 11.5. The number of benzene rings is 1. The van der Waals surface area contributed by atoms with Crippen LogP contribution in [0.15, 0.2) is 18.2 Å². The van der Waals surface area contributed by atoms with Crippen molar-refractivity contribution >= 4 is 17.3 Å². The third-order valence-electron chi connectivity index (χ3n) is 3.26. The molecule has 0 bridgehead atoms. The number of anilines is 1. The second kappa shape index (κ2) is 5.07. The summed E-state index contributed by atoms with van der Waals surface area (Å²) >= 11 is 6.29. The average molecular weight is 239 g/mol. The Morgan fingerprint density at radius 3 is 2.50 bits per heavy atom. The second-order valence-corrected chi connectivity index (χ2v) is 5.04. The normalized spacial score (nSPS) is 17.4. The second-order valence-electron chi connectivity index (χ2n) is 4.63. The van der Waals surface area contributed by atoms with Crippen molar-refractivity contribution < 1.29 is 0 Å². The van der Waals surface area contributed by atoms with Crippen LogP contribution in [-0.2, 0) is 0 Å². The predicted molar refractivity (Wildman–Crippen MR) is 70.6 cm³/mol. The third-order valence-corrected chi connectivity index (χ3v) is 3.57. The fraction of sp³-hybridized carbons (Fsp3) is 0.538. The van der Waals surface area contributed by atoms with Crippen molar-refractivity contribution in [3.8, 4) is 0 Å². The third kappa shape index (κ3) is 2.50. The highest BCUT2D eigenvalue weighted by Crippen LogP contribution is 2.31. The van der Waals surface area contributed by atoms with Crippen molar-refractivity contribution in [3.63, 3.8) is 0 Å². The lowest BCUT2D eigenvalue weighted by Gasteiger charge is -2.24. The molecule has 1 saturated heterocycles. The van der Waals surface area contributed by atoms with E-state index in [4.69, 9.17) is 11.6 Å². The van der Waals surface area contributed by atoms with Crippen LogP contribution in [0.5, 0.6) is 0 Å². The van der Waals surface area contributed by atoms with Gasteiger partial charge in [-0.05, 0) is 49.5 Å². The maximum absolute atomic E-state index is 6.29. The van der Waals surface area contributed by atoms with Gasteiger partial charge in [-0.15, -0.1) is 0 Å². The molecule has 1 aliphatic heterocycles. The van der Waals surface area contributed by atoms with Crippen molar-refractivity contribution in [1.82, 2.24) is 5.32 Å². The van der Waals surface area contributed by atoms with Gasteiger partial charge in [0.1, 0.15) is 0 Å². The number of piperidine rings is 1. The van der Waals surface area contributed by atoms with Crippen LogP contribution in [0.4, 0.5) is 5.69 Å². The van der Waals surface area contributed by atoms with Crippen LogP contribution in [0.25, 0.3) is 0 Å². The summed E-state index contributed by atoms with van der Waals surface area (Å²) in [6.07, 6.45) is 2.44. The molecule has 1 N–H and O–H groups in total. The van der Waals surface area contributed by atoms with E-state index in [1.807, 2.05) is 14.1 Å². The van der Waals surface area contributed by atoms with Crippen LogP contribution in [0, 0.1) is 0 Å². The van der Waals surface area contributed by atoms with E-state index in [2.05, 4.69) is 28.4 Å². The Hall–Kier alpha value is -0.730. The van der Waals surface area contributed by atoms with Crippen LogP contribution in [0.2, 0.25) is 5.02 Å². The van der Waals surface area contributed by atoms with Gasteiger partial charge in [-0.1, -0.05) is 17.7 Å². The summed E-state index contributed by atoms with van der Waals surface area (Å²) in [5.74, 6) is 0.676. The molecule has 1 heterocycles. The minimum Gasteiger partial charge on any atom is -0.376 e. The summed E-state index contributed by atoms with van der Waals surface area (Å²) < 4.78 is 0. The van der Waals surface area contributed by atoms with Gasteiger partial charge in [0.25, 0.3) is 0 Å². The number of rotatable bonds is 2. The van der Waals surface area contributed by atoms with Crippen LogP contribution in [0.1, 0.15) is 24.3 Å². The molecule has 0 amide bonds. The topological polar surface area (TPSA) is 15.3 Å². The van der Waals surface area contributed by atoms with Crippen LogP contribution in [-0.4, -0.2) is 27.2 Å². The summed E-state index contributed by atoms with van der Waals surface area (Å²) in [6, 6.07) is 6.48. The quantitative estimate of drug-likeness (QED) is 0.853. The number of hydrogen-bond acceptors (Lipinski definition) is 2. The van der Waals surface area contributed by atoms with E-state index >= 15 is 0 Å². The van der Waals surface area contributed by atoms with Crippen molar-refractivity contribution in [1.29, 1.82) is 0 Å². The monoisotopic (exact) mass is 238 g/mol. The molecule has 1 aromatic rings. The molecule has 0 spiro atoms. The molecule has 16 heavy (non-hydrogen) atoms. The van der Waals surface area contributed by atoms with Gasteiger partial charge in [0.15, 0.2) is 0 Å². The first-order chi connectivity index (χ1) is 7.68. The molecule has 0 saturated carbocycles. The van der Waals surface area contributed by atoms with E-state index in [1.165, 1.54) is 18.4 Å². The molecule has 3 heteroatoms. The minimum atomic E-state index is 0.676. The molecular weight excluding hydrogens is 220 g/mol. The molecule has 88 valence electrons. The van der Waals surface area contributed by atoms with Crippen LogP contribution in [0.3, 0.4) is 0 Å². The molecule has 1 aliphatic rings. The van der Waals surface area contributed by atoms with E-state index in [0.29, 0.717) is 5.92 Å². The average Bonchev–Trinajstić information content (AvgIpc) is 2.29. The Balaban J connectivity index is 2.19. The summed E-state index contributed by atoms with van der Waals surface area (Å²) in [7, 11) is 4.04. The Kier molecular flexibility index (Phi) is 3.72. The predicted octanol–water partition coefficient (Wildman–Crippen LogP) is 2.87. The van der Waals surface area contributed by atoms with Gasteiger partial charge >= 0.3 is 0 Å². The van der Waals surface area contributed by atoms with Gasteiger partial charge in [0.05, 0.1) is 10.7 Å². The molecule has 0 aromatic heterocycles. The van der Waals surface area contributed by atoms with Gasteiger partial charge in [-0.25, -0.2) is 0 Å². The van der Waals surface area contributed by atoms with E-state index < -0.39 is 0 Å². The summed E-state index contributed by atoms with van der Waals surface area (Å²) in [5, 5.41) is 4.25. The summed E-state index contributed by atoms with van der Waals surface area (Å²) in [6.45, 7) is 2.25. The molecule has 2 nitrogen and oxygen atoms in total. The molecule has 1 aromatic carbocycles. The van der Waals surface area contributed by atoms with Crippen molar-refractivity contribution in [2.45, 2.75) is 18.8 Å². The Morgan fingerprint density at radius 1 is 1.25 bits per heavy atom. The lowest BCUT2D eigenvalue weighted by Crippen LogP contribution is -2.26. The molecule has 0 radical (unpaired) electrons. The SMILES string of the molecule is CN(C)c1ccc(C2CCNCC2)cc1Cl. The first-order valence-electron chi connectivity index (χ1n) is 5.86. The largest absolute Gasteiger partial charge is 0.376 e. The Morgan fingerprint density at radius 2 is 1.94 bits per heavy atom. The summed E-state index contributed by atoms with van der Waals surface area (Å²) in [4.78, 5) is 2.05. The zero-order valence-corrected chi connectivity index (χ0v) is 10.7. The van der Waals surface area contributed by atoms with Gasteiger partial charge in [-0.3, -0.25) is 0 Å². The lowest BCUT2D eigenvalue weighted by atomic mass is 9.90. The first kappa shape index (κ1) is 11.7. The molecule has 0 unspecified atom stereocenters. The molecule has 0 atom stereocenters. The molecule has 1 fully saturated rings. The fourth-order valence-electron chi connectivity index (χ4n) is 2.30. The maximum atomic E-state index is 6.29. The number of nitrogens with zero attached hydrogens (tertiary/aromatic N) is 1. The van der Waals surface area contributed by atoms with E-state index in [1.54, 1.807) is 0 Å². The molecule has 0 aliphatic carbocycles. The highest BCUT2D eigenvalue weighted by atomic mass is 35.5. The number of nitrogens with one attached hydrogen (secondary N) is 1. The van der Waals surface area contributed by atoms with Crippen molar-refractivity contribution in [3.05, 3.63) is 28.8 Å². The van der Waals surface area contributed by atoms with Gasteiger partial charge < -0.3 is 10.2 Å². The molecular formula is C13H19ClN2. The highest BCUT2D eigenvalue weighted by molar-refractivity contribution is 6.33. The van der Waals surface area contributed by atoms with Crippen LogP contribution >= 0.6 is 11.6 Å². The fourth-order valence-corrected chi connectivity index (χ4v) is 2.65. The minimum absolute atomic E-state index is 0.676. The van der Waals surface area contributed by atoms with Crippen LogP contribution < -0.4 is 10.2 Å². The van der Waals surface area contributed by atoms with E-state index in [0.717, 1.165) is 23.8 Å². The first-order valence-corrected chi connectivity index (χ1v) is 6.24. The van der Waals surface area contributed by atoms with E-state index in [-0.39, 0.29) is 0 Å². The van der Waals surface area contributed by atoms with Gasteiger partial charge in [0.2, 0.25) is 0 Å². The standard InChI is InChI=1S/C13H19ClN2/c1-16(2)13-4-3-11(9-12(13)14)10-5-7-15-8-6-10/h3-4,9-10,15H,5-8H2,1-2H3. The van der Waals surface area contributed by atoms with Crippen molar-refractivity contribution in [2.24, 2.45) is 0 Å². The highest BCUT2D eigenvalue weighted by Gasteiger charge is 2.16. The van der Waals surface area contributed by atoms with Gasteiger partial charge in [0, 0.05) is 14.1 Å². The smallest absolute Gasteiger partial charge is 0.0642 e. The number of halogens is 1.